The van der Waals surface area contributed by atoms with E-state index in [-0.39, 0.29) is 23.3 Å². The van der Waals surface area contributed by atoms with Gasteiger partial charge in [-0.3, -0.25) is 4.79 Å². The Morgan fingerprint density at radius 2 is 1.95 bits per heavy atom. The zero-order valence-electron chi connectivity index (χ0n) is 13.7. The first-order chi connectivity index (χ1) is 10.1. The molecule has 0 spiro atoms. The Hall–Kier alpha value is -1.60. The van der Waals surface area contributed by atoms with Gasteiger partial charge in [-0.25, -0.2) is 13.1 Å². The first-order valence-corrected chi connectivity index (χ1v) is 8.55. The highest BCUT2D eigenvalue weighted by Crippen LogP contribution is 2.21. The lowest BCUT2D eigenvalue weighted by molar-refractivity contribution is -0.130. The fourth-order valence-corrected chi connectivity index (χ4v) is 2.88. The molecule has 0 saturated heterocycles. The van der Waals surface area contributed by atoms with E-state index in [2.05, 4.69) is 4.72 Å². The van der Waals surface area contributed by atoms with Gasteiger partial charge in [0, 0.05) is 20.6 Å². The van der Waals surface area contributed by atoms with Crippen molar-refractivity contribution in [1.29, 1.82) is 0 Å². The van der Waals surface area contributed by atoms with E-state index in [4.69, 9.17) is 4.74 Å². The van der Waals surface area contributed by atoms with Gasteiger partial charge in [0.25, 0.3) is 5.91 Å². The van der Waals surface area contributed by atoms with Crippen molar-refractivity contribution in [3.8, 4) is 5.75 Å². The standard InChI is InChI=1S/C15H24N2O4S/c1-11(2)9-16-22(19,20)13-6-7-14(12(3)8-13)21-10-15(18)17(4)5/h6-8,11,16H,9-10H2,1-5H3. The second-order valence-corrected chi connectivity index (χ2v) is 7.52. The van der Waals surface area contributed by atoms with E-state index in [1.807, 2.05) is 13.8 Å². The van der Waals surface area contributed by atoms with Gasteiger partial charge in [-0.05, 0) is 36.6 Å². The quantitative estimate of drug-likeness (QED) is 0.821. The summed E-state index contributed by atoms with van der Waals surface area (Å²) >= 11 is 0. The number of benzene rings is 1. The van der Waals surface area contributed by atoms with Crippen LogP contribution < -0.4 is 9.46 Å². The second kappa shape index (κ2) is 7.60. The number of hydrogen-bond donors (Lipinski definition) is 1. The first-order valence-electron chi connectivity index (χ1n) is 7.06. The average molecular weight is 328 g/mol. The zero-order chi connectivity index (χ0) is 16.9. The summed E-state index contributed by atoms with van der Waals surface area (Å²) in [5.41, 5.74) is 0.666. The molecular formula is C15H24N2O4S. The molecule has 1 aromatic rings. The Labute approximate surface area is 132 Å². The number of nitrogens with one attached hydrogen (secondary N) is 1. The number of likely N-dealkylation sites (N-methyl/N-ethyl adjacent to an activating group) is 1. The highest BCUT2D eigenvalue weighted by Gasteiger charge is 2.16. The van der Waals surface area contributed by atoms with Gasteiger partial charge in [0.1, 0.15) is 5.75 Å². The lowest BCUT2D eigenvalue weighted by Crippen LogP contribution is -2.28. The molecular weight excluding hydrogens is 304 g/mol. The van der Waals surface area contributed by atoms with Gasteiger partial charge in [0.15, 0.2) is 6.61 Å². The maximum atomic E-state index is 12.1. The lowest BCUT2D eigenvalue weighted by atomic mass is 10.2. The van der Waals surface area contributed by atoms with Gasteiger partial charge >= 0.3 is 0 Å². The van der Waals surface area contributed by atoms with Crippen LogP contribution in [0, 0.1) is 12.8 Å². The molecule has 22 heavy (non-hydrogen) atoms. The predicted molar refractivity (Wildman–Crippen MR) is 85.4 cm³/mol. The number of rotatable bonds is 7. The highest BCUT2D eigenvalue weighted by atomic mass is 32.2. The number of hydrogen-bond acceptors (Lipinski definition) is 4. The summed E-state index contributed by atoms with van der Waals surface area (Å²) in [6.07, 6.45) is 0. The smallest absolute Gasteiger partial charge is 0.259 e. The third-order valence-electron chi connectivity index (χ3n) is 2.99. The molecule has 0 atom stereocenters. The summed E-state index contributed by atoms with van der Waals surface area (Å²) in [5.74, 6) is 0.572. The van der Waals surface area contributed by atoms with E-state index in [0.29, 0.717) is 17.9 Å². The van der Waals surface area contributed by atoms with Gasteiger partial charge in [0.05, 0.1) is 4.90 Å². The SMILES string of the molecule is Cc1cc(S(=O)(=O)NCC(C)C)ccc1OCC(=O)N(C)C. The van der Waals surface area contributed by atoms with Crippen molar-refractivity contribution in [2.75, 3.05) is 27.2 Å². The number of carbonyl (C=O) groups is 1. The monoisotopic (exact) mass is 328 g/mol. The molecule has 1 aromatic carbocycles. The number of nitrogens with zero attached hydrogens (tertiary/aromatic N) is 1. The molecule has 7 heteroatoms. The molecule has 0 bridgehead atoms. The Balaban J connectivity index is 2.83. The van der Waals surface area contributed by atoms with E-state index in [1.165, 1.54) is 17.0 Å². The summed E-state index contributed by atoms with van der Waals surface area (Å²) in [6.45, 7) is 5.93. The van der Waals surface area contributed by atoms with Crippen LogP contribution in [0.25, 0.3) is 0 Å². The van der Waals surface area contributed by atoms with Crippen molar-refractivity contribution in [1.82, 2.24) is 9.62 Å². The van der Waals surface area contributed by atoms with Crippen LogP contribution in [0.2, 0.25) is 0 Å². The van der Waals surface area contributed by atoms with Crippen LogP contribution in [0.1, 0.15) is 19.4 Å². The Morgan fingerprint density at radius 3 is 2.45 bits per heavy atom. The van der Waals surface area contributed by atoms with Gasteiger partial charge in [0.2, 0.25) is 10.0 Å². The molecule has 0 aliphatic rings. The van der Waals surface area contributed by atoms with Crippen LogP contribution in [0.5, 0.6) is 5.75 Å². The summed E-state index contributed by atoms with van der Waals surface area (Å²) < 4.78 is 32.3. The van der Waals surface area contributed by atoms with Crippen LogP contribution >= 0.6 is 0 Å². The van der Waals surface area contributed by atoms with Crippen LogP contribution in [-0.2, 0) is 14.8 Å². The molecule has 0 unspecified atom stereocenters. The van der Waals surface area contributed by atoms with Gasteiger partial charge in [-0.2, -0.15) is 0 Å². The first kappa shape index (κ1) is 18.4. The normalized spacial score (nSPS) is 11.5. The minimum Gasteiger partial charge on any atom is -0.483 e. The average Bonchev–Trinajstić information content (AvgIpc) is 2.43. The summed E-state index contributed by atoms with van der Waals surface area (Å²) in [7, 11) is -0.225. The van der Waals surface area contributed by atoms with Crippen LogP contribution in [-0.4, -0.2) is 46.5 Å². The van der Waals surface area contributed by atoms with Crippen LogP contribution in [0.15, 0.2) is 23.1 Å². The van der Waals surface area contributed by atoms with E-state index in [0.717, 1.165) is 0 Å². The van der Waals surface area contributed by atoms with Crippen molar-refractivity contribution in [2.45, 2.75) is 25.7 Å². The van der Waals surface area contributed by atoms with Crippen LogP contribution in [0.3, 0.4) is 0 Å². The minimum atomic E-state index is -3.52. The van der Waals surface area contributed by atoms with Crippen molar-refractivity contribution in [2.24, 2.45) is 5.92 Å². The molecule has 0 aliphatic carbocycles. The lowest BCUT2D eigenvalue weighted by Gasteiger charge is -2.14. The van der Waals surface area contributed by atoms with E-state index in [9.17, 15) is 13.2 Å². The fourth-order valence-electron chi connectivity index (χ4n) is 1.58. The molecule has 1 N–H and O–H groups in total. The molecule has 0 saturated carbocycles. The maximum absolute atomic E-state index is 12.1. The van der Waals surface area contributed by atoms with Crippen molar-refractivity contribution in [3.05, 3.63) is 23.8 Å². The number of amides is 1. The molecule has 6 nitrogen and oxygen atoms in total. The summed E-state index contributed by atoms with van der Waals surface area (Å²) in [5, 5.41) is 0. The second-order valence-electron chi connectivity index (χ2n) is 5.75. The van der Waals surface area contributed by atoms with Gasteiger partial charge in [-0.15, -0.1) is 0 Å². The van der Waals surface area contributed by atoms with Crippen LogP contribution in [0.4, 0.5) is 0 Å². The zero-order valence-corrected chi connectivity index (χ0v) is 14.5. The predicted octanol–water partition coefficient (Wildman–Crippen LogP) is 1.40. The molecule has 0 radical (unpaired) electrons. The van der Waals surface area contributed by atoms with Crippen molar-refractivity contribution >= 4 is 15.9 Å². The van der Waals surface area contributed by atoms with Crippen molar-refractivity contribution < 1.29 is 17.9 Å². The Morgan fingerprint density at radius 1 is 1.32 bits per heavy atom. The fraction of sp³-hybridized carbons (Fsp3) is 0.533. The third kappa shape index (κ3) is 5.31. The number of carbonyl (C=O) groups excluding carboxylic acids is 1. The number of aryl methyl sites for hydroxylation is 1. The van der Waals surface area contributed by atoms with E-state index < -0.39 is 10.0 Å². The third-order valence-corrected chi connectivity index (χ3v) is 4.41. The van der Waals surface area contributed by atoms with Gasteiger partial charge in [-0.1, -0.05) is 13.8 Å². The Kier molecular flexibility index (Phi) is 6.37. The summed E-state index contributed by atoms with van der Waals surface area (Å²) in [6, 6.07) is 4.59. The molecule has 124 valence electrons. The molecule has 1 amide bonds. The van der Waals surface area contributed by atoms with Crippen molar-refractivity contribution in [3.63, 3.8) is 0 Å². The molecule has 0 aliphatic heterocycles. The van der Waals surface area contributed by atoms with Gasteiger partial charge < -0.3 is 9.64 Å². The molecule has 0 fully saturated rings. The number of ether oxygens (including phenoxy) is 1. The molecule has 1 rings (SSSR count). The number of sulfonamides is 1. The highest BCUT2D eigenvalue weighted by molar-refractivity contribution is 7.89. The minimum absolute atomic E-state index is 0.0778. The Bertz CT molecular complexity index is 624. The molecule has 0 aromatic heterocycles. The van der Waals surface area contributed by atoms with E-state index >= 15 is 0 Å². The largest absolute Gasteiger partial charge is 0.483 e. The maximum Gasteiger partial charge on any atom is 0.259 e. The summed E-state index contributed by atoms with van der Waals surface area (Å²) in [4.78, 5) is 13.1. The molecule has 0 heterocycles. The van der Waals surface area contributed by atoms with E-state index in [1.54, 1.807) is 27.1 Å². The topological polar surface area (TPSA) is 75.7 Å².